The van der Waals surface area contributed by atoms with E-state index in [9.17, 15) is 9.59 Å². The van der Waals surface area contributed by atoms with Crippen molar-refractivity contribution in [3.05, 3.63) is 22.4 Å². The zero-order valence-corrected chi connectivity index (χ0v) is 7.95. The Labute approximate surface area is 81.2 Å². The minimum atomic E-state index is -1.39. The molecule has 2 aromatic rings. The van der Waals surface area contributed by atoms with Crippen molar-refractivity contribution in [2.75, 3.05) is 0 Å². The molecule has 2 aromatic heterocycles. The van der Waals surface area contributed by atoms with Gasteiger partial charge in [0.25, 0.3) is 5.78 Å². The highest BCUT2D eigenvalue weighted by Crippen LogP contribution is 2.30. The Kier molecular flexibility index (Phi) is 1.90. The number of hydrogen-bond donors (Lipinski definition) is 1. The number of carbonyl (C=O) groups is 2. The van der Waals surface area contributed by atoms with E-state index in [1.807, 2.05) is 11.4 Å². The van der Waals surface area contributed by atoms with Gasteiger partial charge in [-0.05, 0) is 17.5 Å². The fraction of sp³-hybridized carbons (Fsp3) is 0. The van der Waals surface area contributed by atoms with Gasteiger partial charge in [-0.3, -0.25) is 4.79 Å². The summed E-state index contributed by atoms with van der Waals surface area (Å²) in [6, 6.07) is 3.50. The predicted molar refractivity (Wildman–Crippen MR) is 51.7 cm³/mol. The third kappa shape index (κ3) is 1.36. The molecule has 1 N–H and O–H groups in total. The lowest BCUT2D eigenvalue weighted by molar-refractivity contribution is -0.131. The first-order valence-corrected chi connectivity index (χ1v) is 5.13. The van der Waals surface area contributed by atoms with Crippen LogP contribution in [0.25, 0.3) is 9.40 Å². The lowest BCUT2D eigenvalue weighted by Gasteiger charge is -1.85. The van der Waals surface area contributed by atoms with E-state index in [-0.39, 0.29) is 0 Å². The quantitative estimate of drug-likeness (QED) is 0.613. The molecule has 0 aliphatic heterocycles. The molecule has 2 rings (SSSR count). The summed E-state index contributed by atoms with van der Waals surface area (Å²) in [5.74, 6) is -2.22. The molecule has 0 saturated heterocycles. The van der Waals surface area contributed by atoms with Crippen molar-refractivity contribution < 1.29 is 14.7 Å². The molecular formula is C8H4O3S2. The molecule has 0 atom stereocenters. The first-order valence-electron chi connectivity index (χ1n) is 3.43. The van der Waals surface area contributed by atoms with Crippen molar-refractivity contribution in [1.29, 1.82) is 0 Å². The highest BCUT2D eigenvalue weighted by molar-refractivity contribution is 7.28. The van der Waals surface area contributed by atoms with E-state index < -0.39 is 11.8 Å². The van der Waals surface area contributed by atoms with Crippen molar-refractivity contribution in [3.63, 3.8) is 0 Å². The zero-order chi connectivity index (χ0) is 9.42. The highest BCUT2D eigenvalue weighted by atomic mass is 32.1. The van der Waals surface area contributed by atoms with Gasteiger partial charge in [0.1, 0.15) is 0 Å². The number of Topliss-reactive ketones (excluding diaryl/α,β-unsaturated/α-hetero) is 1. The predicted octanol–water partition coefficient (Wildman–Crippen LogP) is 2.23. The maximum atomic E-state index is 11.0. The van der Waals surface area contributed by atoms with Gasteiger partial charge in [0, 0.05) is 9.40 Å². The molecular weight excluding hydrogens is 208 g/mol. The Hall–Kier alpha value is -1.20. The van der Waals surface area contributed by atoms with Crippen molar-refractivity contribution in [2.45, 2.75) is 0 Å². The largest absolute Gasteiger partial charge is 0.475 e. The lowest BCUT2D eigenvalue weighted by Crippen LogP contribution is -2.10. The molecule has 5 heteroatoms. The van der Waals surface area contributed by atoms with Gasteiger partial charge in [0.15, 0.2) is 0 Å². The molecule has 0 fully saturated rings. The van der Waals surface area contributed by atoms with Gasteiger partial charge in [0.05, 0.1) is 4.88 Å². The zero-order valence-electron chi connectivity index (χ0n) is 6.31. The minimum Gasteiger partial charge on any atom is -0.475 e. The summed E-state index contributed by atoms with van der Waals surface area (Å²) < 4.78 is 1.93. The Morgan fingerprint density at radius 1 is 1.31 bits per heavy atom. The molecule has 3 nitrogen and oxygen atoms in total. The fourth-order valence-electron chi connectivity index (χ4n) is 0.983. The number of carboxylic acids is 1. The second-order valence-electron chi connectivity index (χ2n) is 2.39. The molecule has 0 amide bonds. The van der Waals surface area contributed by atoms with Crippen LogP contribution in [0.15, 0.2) is 17.5 Å². The summed E-state index contributed by atoms with van der Waals surface area (Å²) in [6.07, 6.45) is 0. The Balaban J connectivity index is 2.51. The van der Waals surface area contributed by atoms with Crippen molar-refractivity contribution in [2.24, 2.45) is 0 Å². The normalized spacial score (nSPS) is 10.5. The molecule has 13 heavy (non-hydrogen) atoms. The summed E-state index contributed by atoms with van der Waals surface area (Å²) >= 11 is 2.72. The first kappa shape index (κ1) is 8.40. The number of carbonyl (C=O) groups excluding carboxylic acids is 1. The van der Waals surface area contributed by atoms with Crippen LogP contribution in [0.1, 0.15) is 9.67 Å². The van der Waals surface area contributed by atoms with E-state index in [4.69, 9.17) is 5.11 Å². The Morgan fingerprint density at radius 3 is 2.69 bits per heavy atom. The summed E-state index contributed by atoms with van der Waals surface area (Å²) in [4.78, 5) is 21.7. The van der Waals surface area contributed by atoms with E-state index in [1.165, 1.54) is 22.7 Å². The van der Waals surface area contributed by atoms with Gasteiger partial charge in [-0.1, -0.05) is 0 Å². The molecule has 0 aliphatic rings. The molecule has 0 unspecified atom stereocenters. The van der Waals surface area contributed by atoms with Gasteiger partial charge in [-0.2, -0.15) is 0 Å². The number of carboxylic acid groups (broad SMARTS) is 1. The van der Waals surface area contributed by atoms with Crippen LogP contribution in [0.2, 0.25) is 0 Å². The number of thiophene rings is 2. The van der Waals surface area contributed by atoms with Crippen LogP contribution in [0.4, 0.5) is 0 Å². The molecule has 66 valence electrons. The van der Waals surface area contributed by atoms with Crippen LogP contribution in [0.3, 0.4) is 0 Å². The second kappa shape index (κ2) is 2.93. The smallest absolute Gasteiger partial charge is 0.378 e. The molecule has 0 bridgehead atoms. The summed E-state index contributed by atoms with van der Waals surface area (Å²) in [6.45, 7) is 0. The topological polar surface area (TPSA) is 54.4 Å². The van der Waals surface area contributed by atoms with E-state index in [1.54, 1.807) is 6.07 Å². The average molecular weight is 212 g/mol. The van der Waals surface area contributed by atoms with Crippen LogP contribution in [-0.2, 0) is 4.79 Å². The first-order chi connectivity index (χ1) is 6.18. The van der Waals surface area contributed by atoms with Gasteiger partial charge in [-0.25, -0.2) is 4.79 Å². The lowest BCUT2D eigenvalue weighted by atomic mass is 10.3. The highest BCUT2D eigenvalue weighted by Gasteiger charge is 2.17. The molecule has 0 radical (unpaired) electrons. The number of fused-ring (bicyclic) bond motifs is 1. The number of hydrogen-bond acceptors (Lipinski definition) is 4. The van der Waals surface area contributed by atoms with Gasteiger partial charge in [-0.15, -0.1) is 22.7 Å². The van der Waals surface area contributed by atoms with Gasteiger partial charge >= 0.3 is 5.97 Å². The van der Waals surface area contributed by atoms with E-state index in [2.05, 4.69) is 0 Å². The number of ketones is 1. The van der Waals surface area contributed by atoms with Crippen LogP contribution in [0.5, 0.6) is 0 Å². The Morgan fingerprint density at radius 2 is 2.08 bits per heavy atom. The molecule has 0 aromatic carbocycles. The van der Waals surface area contributed by atoms with Crippen molar-refractivity contribution >= 4 is 43.8 Å². The Bertz CT molecular complexity index is 452. The second-order valence-corrected chi connectivity index (χ2v) is 4.43. The number of rotatable bonds is 2. The fourth-order valence-corrected chi connectivity index (χ4v) is 3.02. The third-order valence-electron chi connectivity index (χ3n) is 1.56. The van der Waals surface area contributed by atoms with Crippen LogP contribution in [0, 0.1) is 0 Å². The average Bonchev–Trinajstić information content (AvgIpc) is 2.59. The maximum Gasteiger partial charge on any atom is 0.378 e. The van der Waals surface area contributed by atoms with Crippen LogP contribution >= 0.6 is 22.7 Å². The number of aliphatic carboxylic acids is 1. The van der Waals surface area contributed by atoms with Gasteiger partial charge < -0.3 is 5.11 Å². The van der Waals surface area contributed by atoms with E-state index >= 15 is 0 Å². The maximum absolute atomic E-state index is 11.0. The summed E-state index contributed by atoms with van der Waals surface area (Å²) in [7, 11) is 0. The monoisotopic (exact) mass is 212 g/mol. The van der Waals surface area contributed by atoms with Crippen LogP contribution in [-0.4, -0.2) is 16.9 Å². The molecule has 0 aliphatic carbocycles. The summed E-state index contributed by atoms with van der Waals surface area (Å²) in [5.41, 5.74) is 0. The standard InChI is InChI=1S/C8H4O3S2/c9-7(8(10)11)6-3-5-4(13-6)1-2-12-5/h1-3H,(H,10,11). The van der Waals surface area contributed by atoms with Crippen LogP contribution < -0.4 is 0 Å². The van der Waals surface area contributed by atoms with E-state index in [0.717, 1.165) is 9.40 Å². The van der Waals surface area contributed by atoms with Crippen molar-refractivity contribution in [3.8, 4) is 0 Å². The molecule has 0 saturated carbocycles. The molecule has 0 spiro atoms. The minimum absolute atomic E-state index is 0.300. The molecule has 2 heterocycles. The van der Waals surface area contributed by atoms with Gasteiger partial charge in [0.2, 0.25) is 0 Å². The summed E-state index contributed by atoms with van der Waals surface area (Å²) in [5, 5.41) is 10.4. The van der Waals surface area contributed by atoms with E-state index in [0.29, 0.717) is 4.88 Å². The van der Waals surface area contributed by atoms with Crippen molar-refractivity contribution in [1.82, 2.24) is 0 Å². The third-order valence-corrected chi connectivity index (χ3v) is 3.65. The SMILES string of the molecule is O=C(O)C(=O)c1cc2sccc2s1.